The molecule has 0 aliphatic carbocycles. The van der Waals surface area contributed by atoms with E-state index in [-0.39, 0.29) is 17.6 Å². The van der Waals surface area contributed by atoms with Gasteiger partial charge in [0.15, 0.2) is 5.65 Å². The first-order valence-corrected chi connectivity index (χ1v) is 14.2. The topological polar surface area (TPSA) is 120 Å². The van der Waals surface area contributed by atoms with Crippen LogP contribution in [0.2, 0.25) is 0 Å². The first-order chi connectivity index (χ1) is 20.8. The number of rotatable bonds is 4. The van der Waals surface area contributed by atoms with E-state index < -0.39 is 18.5 Å². The molecule has 0 atom stereocenters. The van der Waals surface area contributed by atoms with E-state index >= 15 is 0 Å². The number of amides is 1. The number of piperidine rings is 1. The summed E-state index contributed by atoms with van der Waals surface area (Å²) in [7, 11) is 0. The second-order valence-corrected chi connectivity index (χ2v) is 11.2. The van der Waals surface area contributed by atoms with E-state index in [1.165, 1.54) is 22.6 Å². The molecule has 1 saturated heterocycles. The van der Waals surface area contributed by atoms with Crippen LogP contribution in [0.25, 0.3) is 21.9 Å². The molecule has 44 heavy (non-hydrogen) atoms. The van der Waals surface area contributed by atoms with Gasteiger partial charge in [0.1, 0.15) is 17.1 Å². The zero-order valence-corrected chi connectivity index (χ0v) is 23.6. The fraction of sp³-hybridized carbons (Fsp3) is 0.357. The Morgan fingerprint density at radius 1 is 1.05 bits per heavy atom. The number of thiophene rings is 1. The third-order valence-corrected chi connectivity index (χ3v) is 8.43. The Hall–Kier alpha value is -4.18. The number of imidazole rings is 1. The zero-order chi connectivity index (χ0) is 31.6. The second-order valence-electron chi connectivity index (χ2n) is 10.1. The van der Waals surface area contributed by atoms with Crippen LogP contribution in [-0.2, 0) is 17.8 Å². The molecule has 2 aliphatic heterocycles. The second kappa shape index (κ2) is 12.4. The number of nitrogens with one attached hydrogen (secondary N) is 2. The predicted molar refractivity (Wildman–Crippen MR) is 147 cm³/mol. The maximum absolute atomic E-state index is 12.9. The SMILES string of the molecule is O=C(O)C(F)(F)F.O=C(c1ccc(OC(F)(F)F)cc1)N1CCC(c2ccnc3[nH]c(-c4cc5c(s4)CCNC5)nc23)CC1. The number of hydrogen-bond donors (Lipinski definition) is 3. The number of carbonyl (C=O) groups is 2. The monoisotopic (exact) mass is 641 g/mol. The molecular weight excluding hydrogens is 616 g/mol. The van der Waals surface area contributed by atoms with Crippen molar-refractivity contribution in [3.63, 3.8) is 0 Å². The Labute approximate surface area is 249 Å². The summed E-state index contributed by atoms with van der Waals surface area (Å²) in [5.74, 6) is -2.24. The highest BCUT2D eigenvalue weighted by Gasteiger charge is 2.38. The molecular formula is C28H25F6N5O4S. The van der Waals surface area contributed by atoms with E-state index in [1.54, 1.807) is 22.4 Å². The molecule has 0 saturated carbocycles. The first kappa shape index (κ1) is 31.3. The summed E-state index contributed by atoms with van der Waals surface area (Å²) in [6.07, 6.45) is -5.48. The Balaban J connectivity index is 0.000000493. The number of aromatic amines is 1. The molecule has 4 aromatic rings. The van der Waals surface area contributed by atoms with Crippen LogP contribution in [0, 0.1) is 0 Å². The molecule has 1 amide bonds. The molecule has 9 nitrogen and oxygen atoms in total. The minimum Gasteiger partial charge on any atom is -0.475 e. The molecule has 0 radical (unpaired) electrons. The Bertz CT molecular complexity index is 1620. The van der Waals surface area contributed by atoms with Gasteiger partial charge in [0, 0.05) is 42.8 Å². The number of ether oxygens (including phenoxy) is 1. The van der Waals surface area contributed by atoms with Gasteiger partial charge in [-0.2, -0.15) is 13.2 Å². The van der Waals surface area contributed by atoms with Crippen LogP contribution < -0.4 is 10.1 Å². The summed E-state index contributed by atoms with van der Waals surface area (Å²) in [5.41, 5.74) is 4.42. The van der Waals surface area contributed by atoms with Gasteiger partial charge in [-0.25, -0.2) is 14.8 Å². The van der Waals surface area contributed by atoms with Crippen LogP contribution >= 0.6 is 11.3 Å². The summed E-state index contributed by atoms with van der Waals surface area (Å²) in [6, 6.07) is 9.28. The molecule has 3 N–H and O–H groups in total. The number of aliphatic carboxylic acids is 1. The van der Waals surface area contributed by atoms with E-state index in [0.29, 0.717) is 18.7 Å². The maximum Gasteiger partial charge on any atom is 0.573 e. The van der Waals surface area contributed by atoms with Crippen molar-refractivity contribution in [2.24, 2.45) is 0 Å². The quantitative estimate of drug-likeness (QED) is 0.238. The molecule has 234 valence electrons. The normalized spacial score (nSPS) is 15.8. The lowest BCUT2D eigenvalue weighted by molar-refractivity contribution is -0.274. The lowest BCUT2D eigenvalue weighted by Gasteiger charge is -2.32. The van der Waals surface area contributed by atoms with Gasteiger partial charge in [-0.3, -0.25) is 4.79 Å². The summed E-state index contributed by atoms with van der Waals surface area (Å²) in [4.78, 5) is 38.9. The summed E-state index contributed by atoms with van der Waals surface area (Å²) < 4.78 is 72.8. The van der Waals surface area contributed by atoms with Gasteiger partial charge in [-0.1, -0.05) is 0 Å². The number of carboxylic acid groups (broad SMARTS) is 1. The number of halogens is 6. The van der Waals surface area contributed by atoms with Crippen molar-refractivity contribution in [1.82, 2.24) is 25.2 Å². The molecule has 6 rings (SSSR count). The maximum atomic E-state index is 12.9. The number of likely N-dealkylation sites (tertiary alicyclic amines) is 1. The molecule has 2 aliphatic rings. The number of fused-ring (bicyclic) bond motifs is 2. The van der Waals surface area contributed by atoms with E-state index in [4.69, 9.17) is 14.9 Å². The number of H-pyrrole nitrogens is 1. The number of aromatic nitrogens is 3. The summed E-state index contributed by atoms with van der Waals surface area (Å²) in [5, 5.41) is 10.5. The number of carboxylic acids is 1. The smallest absolute Gasteiger partial charge is 0.475 e. The minimum atomic E-state index is -5.08. The highest BCUT2D eigenvalue weighted by atomic mass is 32.1. The summed E-state index contributed by atoms with van der Waals surface area (Å²) in [6.45, 7) is 2.99. The molecule has 3 aromatic heterocycles. The molecule has 1 fully saturated rings. The van der Waals surface area contributed by atoms with Crippen LogP contribution in [0.4, 0.5) is 26.3 Å². The fourth-order valence-corrected chi connectivity index (χ4v) is 6.25. The van der Waals surface area contributed by atoms with Gasteiger partial charge in [0.2, 0.25) is 0 Å². The molecule has 16 heteroatoms. The van der Waals surface area contributed by atoms with Gasteiger partial charge in [0.05, 0.1) is 4.88 Å². The predicted octanol–water partition coefficient (Wildman–Crippen LogP) is 5.88. The number of benzene rings is 1. The van der Waals surface area contributed by atoms with Crippen LogP contribution in [0.5, 0.6) is 5.75 Å². The average molecular weight is 642 g/mol. The van der Waals surface area contributed by atoms with Crippen molar-refractivity contribution in [3.8, 4) is 16.5 Å². The zero-order valence-electron chi connectivity index (χ0n) is 22.8. The number of nitrogens with zero attached hydrogens (tertiary/aromatic N) is 3. The lowest BCUT2D eigenvalue weighted by atomic mass is 9.89. The number of hydrogen-bond acceptors (Lipinski definition) is 7. The van der Waals surface area contributed by atoms with Crippen molar-refractivity contribution in [2.45, 2.75) is 44.3 Å². The van der Waals surface area contributed by atoms with E-state index in [0.717, 1.165) is 71.9 Å². The Morgan fingerprint density at radius 3 is 2.34 bits per heavy atom. The summed E-state index contributed by atoms with van der Waals surface area (Å²) >= 11 is 1.78. The van der Waals surface area contributed by atoms with Crippen LogP contribution in [0.15, 0.2) is 42.6 Å². The van der Waals surface area contributed by atoms with Crippen LogP contribution in [0.1, 0.15) is 45.1 Å². The molecule has 0 unspecified atom stereocenters. The highest BCUT2D eigenvalue weighted by molar-refractivity contribution is 7.15. The third kappa shape index (κ3) is 7.30. The van der Waals surface area contributed by atoms with Crippen molar-refractivity contribution in [1.29, 1.82) is 0 Å². The Morgan fingerprint density at radius 2 is 1.73 bits per heavy atom. The third-order valence-electron chi connectivity index (χ3n) is 7.19. The average Bonchev–Trinajstić information content (AvgIpc) is 3.61. The minimum absolute atomic E-state index is 0.199. The van der Waals surface area contributed by atoms with Crippen LogP contribution in [-0.4, -0.2) is 69.0 Å². The molecule has 0 bridgehead atoms. The van der Waals surface area contributed by atoms with Crippen molar-refractivity contribution in [3.05, 3.63) is 64.2 Å². The van der Waals surface area contributed by atoms with Gasteiger partial charge >= 0.3 is 18.5 Å². The largest absolute Gasteiger partial charge is 0.573 e. The molecule has 1 aromatic carbocycles. The van der Waals surface area contributed by atoms with Gasteiger partial charge < -0.3 is 25.0 Å². The first-order valence-electron chi connectivity index (χ1n) is 13.4. The van der Waals surface area contributed by atoms with Crippen molar-refractivity contribution >= 4 is 34.4 Å². The van der Waals surface area contributed by atoms with Gasteiger partial charge in [0.25, 0.3) is 5.91 Å². The van der Waals surface area contributed by atoms with Crippen molar-refractivity contribution in [2.75, 3.05) is 19.6 Å². The number of carbonyl (C=O) groups excluding carboxylic acids is 1. The van der Waals surface area contributed by atoms with Gasteiger partial charge in [-0.15, -0.1) is 24.5 Å². The number of alkyl halides is 6. The molecule has 5 heterocycles. The Kier molecular flexibility index (Phi) is 8.83. The van der Waals surface area contributed by atoms with E-state index in [9.17, 15) is 31.1 Å². The van der Waals surface area contributed by atoms with Crippen LogP contribution in [0.3, 0.4) is 0 Å². The standard InChI is InChI=1S/C26H24F3N5O2S.C2HF3O2/c27-26(28,29)36-18-3-1-16(2-4-18)25(35)34-11-7-15(8-12-34)19-5-10-31-24-22(19)32-23(33-24)21-13-17-14-30-9-6-20(17)37-21;3-2(4,5)1(6)7/h1-5,10,13,15,30H,6-9,11-12,14H2,(H,31,32,33);(H,6,7). The van der Waals surface area contributed by atoms with E-state index in [1.807, 2.05) is 6.07 Å². The lowest BCUT2D eigenvalue weighted by Crippen LogP contribution is -2.38. The van der Waals surface area contributed by atoms with Crippen molar-refractivity contribution < 1.29 is 45.8 Å². The van der Waals surface area contributed by atoms with E-state index in [2.05, 4.69) is 26.1 Å². The fourth-order valence-electron chi connectivity index (χ4n) is 5.12. The number of pyridine rings is 1. The molecule has 0 spiro atoms. The highest BCUT2D eigenvalue weighted by Crippen LogP contribution is 2.36. The van der Waals surface area contributed by atoms with Gasteiger partial charge in [-0.05, 0) is 72.7 Å².